The molecular weight excluding hydrogens is 196 g/mol. The molecule has 1 aliphatic carbocycles. The number of hydrogen-bond acceptors (Lipinski definition) is 2. The lowest BCUT2D eigenvalue weighted by atomic mass is 10.2. The molecule has 76 valence electrons. The number of halogens is 1. The summed E-state index contributed by atoms with van der Waals surface area (Å²) in [7, 11) is 0. The molecule has 1 aliphatic rings. The van der Waals surface area contributed by atoms with E-state index in [1.54, 1.807) is 0 Å². The summed E-state index contributed by atoms with van der Waals surface area (Å²) >= 11 is 6.17. The maximum Gasteiger partial charge on any atom is 0.0488 e. The number of pyridine rings is 1. The number of aromatic nitrogens is 1. The lowest BCUT2D eigenvalue weighted by Crippen LogP contribution is -2.24. The van der Waals surface area contributed by atoms with Crippen molar-refractivity contribution in [3.8, 4) is 0 Å². The van der Waals surface area contributed by atoms with Gasteiger partial charge in [-0.05, 0) is 36.5 Å². The molecule has 1 N–H and O–H groups in total. The van der Waals surface area contributed by atoms with Crippen LogP contribution in [0.15, 0.2) is 24.5 Å². The van der Waals surface area contributed by atoms with Crippen LogP contribution in [0.3, 0.4) is 0 Å². The van der Waals surface area contributed by atoms with Crippen LogP contribution in [0.25, 0.3) is 0 Å². The first-order valence-electron chi connectivity index (χ1n) is 5.10. The Kier molecular flexibility index (Phi) is 3.38. The summed E-state index contributed by atoms with van der Waals surface area (Å²) < 4.78 is 0. The lowest BCUT2D eigenvalue weighted by Gasteiger charge is -2.09. The Morgan fingerprint density at radius 3 is 2.79 bits per heavy atom. The van der Waals surface area contributed by atoms with Crippen molar-refractivity contribution >= 4 is 11.6 Å². The highest BCUT2D eigenvalue weighted by atomic mass is 35.5. The van der Waals surface area contributed by atoms with Gasteiger partial charge in [-0.15, -0.1) is 11.6 Å². The van der Waals surface area contributed by atoms with Gasteiger partial charge in [-0.1, -0.05) is 0 Å². The minimum Gasteiger partial charge on any atom is -0.311 e. The van der Waals surface area contributed by atoms with Gasteiger partial charge in [0.2, 0.25) is 0 Å². The molecule has 1 heterocycles. The van der Waals surface area contributed by atoms with Crippen molar-refractivity contribution in [2.45, 2.75) is 24.8 Å². The largest absolute Gasteiger partial charge is 0.311 e. The monoisotopic (exact) mass is 210 g/mol. The summed E-state index contributed by atoms with van der Waals surface area (Å²) in [6.45, 7) is 1.80. The van der Waals surface area contributed by atoms with E-state index < -0.39 is 0 Å². The van der Waals surface area contributed by atoms with Crippen LogP contribution in [-0.4, -0.2) is 16.9 Å². The second-order valence-corrected chi connectivity index (χ2v) is 4.40. The first-order valence-corrected chi connectivity index (χ1v) is 5.53. The van der Waals surface area contributed by atoms with Crippen LogP contribution in [0, 0.1) is 5.92 Å². The molecule has 1 fully saturated rings. The summed E-state index contributed by atoms with van der Waals surface area (Å²) in [6, 6.07) is 4.04. The normalized spacial score (nSPS) is 18.1. The van der Waals surface area contributed by atoms with Gasteiger partial charge in [0.1, 0.15) is 0 Å². The van der Waals surface area contributed by atoms with Crippen molar-refractivity contribution < 1.29 is 0 Å². The molecule has 1 atom stereocenters. The predicted molar refractivity (Wildman–Crippen MR) is 58.3 cm³/mol. The molecule has 0 bridgehead atoms. The molecule has 2 nitrogen and oxygen atoms in total. The highest BCUT2D eigenvalue weighted by Crippen LogP contribution is 2.35. The SMILES string of the molecule is ClC(CNCc1ccncc1)C1CC1. The van der Waals surface area contributed by atoms with E-state index in [9.17, 15) is 0 Å². The smallest absolute Gasteiger partial charge is 0.0488 e. The molecule has 0 aromatic carbocycles. The summed E-state index contributed by atoms with van der Waals surface area (Å²) in [4.78, 5) is 3.97. The van der Waals surface area contributed by atoms with Crippen LogP contribution in [-0.2, 0) is 6.54 Å². The molecular formula is C11H15ClN2. The third kappa shape index (κ3) is 2.96. The van der Waals surface area contributed by atoms with E-state index in [0.29, 0.717) is 5.38 Å². The maximum atomic E-state index is 6.17. The van der Waals surface area contributed by atoms with Gasteiger partial charge in [-0.25, -0.2) is 0 Å². The Morgan fingerprint density at radius 2 is 2.14 bits per heavy atom. The molecule has 0 amide bonds. The Balaban J connectivity index is 1.67. The predicted octanol–water partition coefficient (Wildman–Crippen LogP) is 2.19. The highest BCUT2D eigenvalue weighted by Gasteiger charge is 2.28. The Morgan fingerprint density at radius 1 is 1.43 bits per heavy atom. The second kappa shape index (κ2) is 4.76. The fraction of sp³-hybridized carbons (Fsp3) is 0.545. The van der Waals surface area contributed by atoms with Gasteiger partial charge in [0.05, 0.1) is 0 Å². The highest BCUT2D eigenvalue weighted by molar-refractivity contribution is 6.21. The standard InChI is InChI=1S/C11H15ClN2/c12-11(10-1-2-10)8-14-7-9-3-5-13-6-4-9/h3-6,10-11,14H,1-2,7-8H2. The van der Waals surface area contributed by atoms with Crippen molar-refractivity contribution in [2.24, 2.45) is 5.92 Å². The molecule has 0 aliphatic heterocycles. The minimum absolute atomic E-state index is 0.317. The van der Waals surface area contributed by atoms with E-state index in [0.717, 1.165) is 19.0 Å². The van der Waals surface area contributed by atoms with Gasteiger partial charge in [-0.2, -0.15) is 0 Å². The molecule has 0 radical (unpaired) electrons. The lowest BCUT2D eigenvalue weighted by molar-refractivity contribution is 0.620. The Hall–Kier alpha value is -0.600. The van der Waals surface area contributed by atoms with E-state index in [4.69, 9.17) is 11.6 Å². The van der Waals surface area contributed by atoms with Gasteiger partial charge < -0.3 is 5.32 Å². The molecule has 1 aromatic rings. The average Bonchev–Trinajstić information content (AvgIpc) is 3.02. The molecule has 1 unspecified atom stereocenters. The van der Waals surface area contributed by atoms with Gasteiger partial charge in [-0.3, -0.25) is 4.98 Å². The zero-order chi connectivity index (χ0) is 9.80. The maximum absolute atomic E-state index is 6.17. The molecule has 14 heavy (non-hydrogen) atoms. The number of rotatable bonds is 5. The van der Waals surface area contributed by atoms with Crippen molar-refractivity contribution in [1.82, 2.24) is 10.3 Å². The van der Waals surface area contributed by atoms with Gasteiger partial charge in [0.15, 0.2) is 0 Å². The van der Waals surface area contributed by atoms with Crippen LogP contribution < -0.4 is 5.32 Å². The quantitative estimate of drug-likeness (QED) is 0.754. The number of nitrogens with one attached hydrogen (secondary N) is 1. The topological polar surface area (TPSA) is 24.9 Å². The average molecular weight is 211 g/mol. The fourth-order valence-electron chi connectivity index (χ4n) is 1.48. The van der Waals surface area contributed by atoms with E-state index in [1.807, 2.05) is 24.5 Å². The van der Waals surface area contributed by atoms with E-state index in [2.05, 4.69) is 10.3 Å². The third-order valence-corrected chi connectivity index (χ3v) is 3.06. The third-order valence-electron chi connectivity index (χ3n) is 2.55. The number of hydrogen-bond donors (Lipinski definition) is 1. The van der Waals surface area contributed by atoms with Crippen molar-refractivity contribution in [3.63, 3.8) is 0 Å². The molecule has 1 saturated carbocycles. The summed E-state index contributed by atoms with van der Waals surface area (Å²) in [6.07, 6.45) is 6.25. The summed E-state index contributed by atoms with van der Waals surface area (Å²) in [5, 5.41) is 3.68. The minimum atomic E-state index is 0.317. The molecule has 0 saturated heterocycles. The van der Waals surface area contributed by atoms with Crippen molar-refractivity contribution in [1.29, 1.82) is 0 Å². The van der Waals surface area contributed by atoms with Crippen LogP contribution >= 0.6 is 11.6 Å². The van der Waals surface area contributed by atoms with Gasteiger partial charge >= 0.3 is 0 Å². The fourth-order valence-corrected chi connectivity index (χ4v) is 1.84. The van der Waals surface area contributed by atoms with Gasteiger partial charge in [0.25, 0.3) is 0 Å². The molecule has 2 rings (SSSR count). The summed E-state index contributed by atoms with van der Waals surface area (Å²) in [5.74, 6) is 0.765. The Labute approximate surface area is 89.7 Å². The Bertz CT molecular complexity index is 272. The van der Waals surface area contributed by atoms with Gasteiger partial charge in [0, 0.05) is 30.9 Å². The first-order chi connectivity index (χ1) is 6.86. The van der Waals surface area contributed by atoms with Crippen LogP contribution in [0.5, 0.6) is 0 Å². The van der Waals surface area contributed by atoms with E-state index in [1.165, 1.54) is 18.4 Å². The second-order valence-electron chi connectivity index (χ2n) is 3.84. The molecule has 1 aromatic heterocycles. The van der Waals surface area contributed by atoms with E-state index in [-0.39, 0.29) is 0 Å². The van der Waals surface area contributed by atoms with E-state index >= 15 is 0 Å². The first kappa shape index (κ1) is 9.94. The number of alkyl halides is 1. The zero-order valence-corrected chi connectivity index (χ0v) is 8.87. The summed E-state index contributed by atoms with van der Waals surface area (Å²) in [5.41, 5.74) is 1.26. The van der Waals surface area contributed by atoms with Crippen LogP contribution in [0.1, 0.15) is 18.4 Å². The van der Waals surface area contributed by atoms with Crippen LogP contribution in [0.4, 0.5) is 0 Å². The van der Waals surface area contributed by atoms with Crippen molar-refractivity contribution in [2.75, 3.05) is 6.54 Å². The number of nitrogens with zero attached hydrogens (tertiary/aromatic N) is 1. The van der Waals surface area contributed by atoms with Crippen LogP contribution in [0.2, 0.25) is 0 Å². The molecule has 0 spiro atoms. The molecule has 3 heteroatoms. The zero-order valence-electron chi connectivity index (χ0n) is 8.12. The van der Waals surface area contributed by atoms with Crippen molar-refractivity contribution in [3.05, 3.63) is 30.1 Å².